The van der Waals surface area contributed by atoms with Crippen LogP contribution in [0.1, 0.15) is 27.0 Å². The predicted molar refractivity (Wildman–Crippen MR) is 163 cm³/mol. The molecular weight excluding hydrogens is 540 g/mol. The molecule has 5 rings (SSSR count). The zero-order valence-corrected chi connectivity index (χ0v) is 24.6. The number of hydrogen-bond donors (Lipinski definition) is 3. The Balaban J connectivity index is 0.000000171. The van der Waals surface area contributed by atoms with Crippen LogP contribution in [0.5, 0.6) is 5.75 Å². The van der Waals surface area contributed by atoms with E-state index in [9.17, 15) is 14.4 Å². The molecule has 0 saturated carbocycles. The number of aryl methyl sites for hydroxylation is 1. The molecule has 3 aliphatic rings. The Kier molecular flexibility index (Phi) is 11.8. The van der Waals surface area contributed by atoms with E-state index in [4.69, 9.17) is 4.74 Å². The summed E-state index contributed by atoms with van der Waals surface area (Å²) in [6, 6.07) is 12.0. The van der Waals surface area contributed by atoms with E-state index in [1.807, 2.05) is 55.8 Å². The maximum Gasteiger partial charge on any atom is 0.322 e. The molecule has 10 nitrogen and oxygen atoms in total. The molecule has 1 unspecified atom stereocenters. The SMILES string of the molecule is C=CSC(=NC)N1CCNCC1.COc1ccc2c(c1)C(=O)N(C)C2.Cc1ccc(C#CC2NC(=O)NC2=O)cc1. The number of fused-ring (bicyclic) bond motifs is 1. The number of methoxy groups -OCH3 is 1. The number of imide groups is 1. The Bertz CT molecular complexity index is 1340. The van der Waals surface area contributed by atoms with Crippen LogP contribution < -0.4 is 20.7 Å². The first-order chi connectivity index (χ1) is 19.7. The number of urea groups is 1. The van der Waals surface area contributed by atoms with Gasteiger partial charge in [-0.15, -0.1) is 0 Å². The first-order valence-corrected chi connectivity index (χ1v) is 14.0. The molecule has 0 aromatic heterocycles. The van der Waals surface area contributed by atoms with Crippen molar-refractivity contribution in [3.8, 4) is 17.6 Å². The minimum Gasteiger partial charge on any atom is -0.497 e. The van der Waals surface area contributed by atoms with Gasteiger partial charge in [0.25, 0.3) is 11.8 Å². The van der Waals surface area contributed by atoms with Gasteiger partial charge in [-0.1, -0.05) is 53.9 Å². The van der Waals surface area contributed by atoms with Crippen molar-refractivity contribution in [3.05, 3.63) is 76.7 Å². The fourth-order valence-corrected chi connectivity index (χ4v) is 4.65. The Morgan fingerprint density at radius 1 is 1.15 bits per heavy atom. The van der Waals surface area contributed by atoms with E-state index in [-0.39, 0.29) is 5.91 Å². The standard InChI is InChI=1S/C12H10N2O2.C10H11NO2.C8H15N3S/c1-8-2-4-9(5-3-8)6-7-10-11(15)14-12(16)13-10;1-11-6-7-3-4-8(13-2)5-9(7)10(11)12;1-3-12-8(9-2)11-6-4-10-5-7-11/h2-5,10H,1H3,(H2,13,14,15,16);3-5H,6H2,1-2H3;3,10H,1,4-7H2,2H3. The van der Waals surface area contributed by atoms with Gasteiger partial charge in [0.05, 0.1) is 7.11 Å². The van der Waals surface area contributed by atoms with E-state index in [1.54, 1.807) is 36.9 Å². The van der Waals surface area contributed by atoms with Crippen molar-refractivity contribution >= 4 is 34.8 Å². The van der Waals surface area contributed by atoms with E-state index in [0.717, 1.165) is 59.3 Å². The predicted octanol–water partition coefficient (Wildman–Crippen LogP) is 2.59. The number of piperazine rings is 1. The monoisotopic (exact) mass is 576 g/mol. The molecule has 216 valence electrons. The summed E-state index contributed by atoms with van der Waals surface area (Å²) in [6.07, 6.45) is 0. The van der Waals surface area contributed by atoms with Gasteiger partial charge in [0.15, 0.2) is 11.2 Å². The van der Waals surface area contributed by atoms with E-state index in [0.29, 0.717) is 6.54 Å². The Morgan fingerprint density at radius 2 is 1.85 bits per heavy atom. The van der Waals surface area contributed by atoms with Crippen LogP contribution in [0, 0.1) is 18.8 Å². The second-order valence-electron chi connectivity index (χ2n) is 9.24. The molecule has 11 heteroatoms. The summed E-state index contributed by atoms with van der Waals surface area (Å²) in [5.41, 5.74) is 3.81. The number of nitrogens with one attached hydrogen (secondary N) is 3. The van der Waals surface area contributed by atoms with Gasteiger partial charge in [0.1, 0.15) is 5.75 Å². The Morgan fingerprint density at radius 3 is 2.44 bits per heavy atom. The van der Waals surface area contributed by atoms with Crippen molar-refractivity contribution < 1.29 is 19.1 Å². The summed E-state index contributed by atoms with van der Waals surface area (Å²) in [6.45, 7) is 10.6. The molecule has 4 amide bonds. The van der Waals surface area contributed by atoms with Gasteiger partial charge in [-0.3, -0.25) is 19.9 Å². The van der Waals surface area contributed by atoms with Crippen molar-refractivity contribution in [2.45, 2.75) is 19.5 Å². The number of hydrogen-bond acceptors (Lipinski definition) is 7. The van der Waals surface area contributed by atoms with E-state index >= 15 is 0 Å². The highest BCUT2D eigenvalue weighted by atomic mass is 32.2. The number of carbonyl (C=O) groups is 3. The van der Waals surface area contributed by atoms with Gasteiger partial charge in [0, 0.05) is 57.9 Å². The third-order valence-electron chi connectivity index (χ3n) is 6.26. The highest BCUT2D eigenvalue weighted by Gasteiger charge is 2.27. The van der Waals surface area contributed by atoms with Crippen LogP contribution in [0.15, 0.2) is 59.4 Å². The van der Waals surface area contributed by atoms with Gasteiger partial charge in [-0.25, -0.2) is 4.79 Å². The number of ether oxygens (including phenoxy) is 1. The first-order valence-electron chi connectivity index (χ1n) is 13.1. The lowest BCUT2D eigenvalue weighted by atomic mass is 10.1. The Hall–Kier alpha value is -4.27. The van der Waals surface area contributed by atoms with Crippen LogP contribution in [0.3, 0.4) is 0 Å². The number of thioether (sulfide) groups is 1. The number of aliphatic imine (C=N–C) groups is 1. The number of amidine groups is 1. The molecular formula is C30H36N6O4S. The molecule has 3 aliphatic heterocycles. The normalized spacial score (nSPS) is 17.5. The molecule has 0 bridgehead atoms. The largest absolute Gasteiger partial charge is 0.497 e. The van der Waals surface area contributed by atoms with Crippen LogP contribution in [-0.4, -0.2) is 86.2 Å². The topological polar surface area (TPSA) is 115 Å². The first kappa shape index (κ1) is 31.3. The van der Waals surface area contributed by atoms with E-state index in [2.05, 4.69) is 44.3 Å². The quantitative estimate of drug-likeness (QED) is 0.218. The van der Waals surface area contributed by atoms with Gasteiger partial charge < -0.3 is 25.2 Å². The van der Waals surface area contributed by atoms with Crippen LogP contribution in [0.2, 0.25) is 0 Å². The van der Waals surface area contributed by atoms with Crippen molar-refractivity contribution in [2.75, 3.05) is 47.4 Å². The van der Waals surface area contributed by atoms with Crippen LogP contribution in [0.4, 0.5) is 4.79 Å². The molecule has 3 N–H and O–H groups in total. The zero-order valence-electron chi connectivity index (χ0n) is 23.8. The van der Waals surface area contributed by atoms with E-state index < -0.39 is 18.0 Å². The molecule has 2 fully saturated rings. The lowest BCUT2D eigenvalue weighted by molar-refractivity contribution is -0.119. The maximum absolute atomic E-state index is 11.5. The molecule has 0 spiro atoms. The molecule has 1 atom stereocenters. The minimum absolute atomic E-state index is 0.0777. The summed E-state index contributed by atoms with van der Waals surface area (Å²) in [4.78, 5) is 41.7. The second kappa shape index (κ2) is 15.5. The molecule has 2 aromatic carbocycles. The molecule has 41 heavy (non-hydrogen) atoms. The summed E-state index contributed by atoms with van der Waals surface area (Å²) in [7, 11) is 5.23. The van der Waals surface area contributed by atoms with Crippen LogP contribution >= 0.6 is 11.8 Å². The highest BCUT2D eigenvalue weighted by Crippen LogP contribution is 2.25. The average Bonchev–Trinajstić information content (AvgIpc) is 3.47. The van der Waals surface area contributed by atoms with Crippen molar-refractivity contribution in [2.24, 2.45) is 4.99 Å². The Labute approximate surface area is 245 Å². The lowest BCUT2D eigenvalue weighted by Crippen LogP contribution is -2.45. The lowest BCUT2D eigenvalue weighted by Gasteiger charge is -2.29. The molecule has 3 heterocycles. The summed E-state index contributed by atoms with van der Waals surface area (Å²) in [5.74, 6) is 5.96. The average molecular weight is 577 g/mol. The third-order valence-corrected chi connectivity index (χ3v) is 7.07. The van der Waals surface area contributed by atoms with Crippen LogP contribution in [0.25, 0.3) is 0 Å². The summed E-state index contributed by atoms with van der Waals surface area (Å²) < 4.78 is 5.05. The van der Waals surface area contributed by atoms with Crippen molar-refractivity contribution in [1.29, 1.82) is 0 Å². The fraction of sp³-hybridized carbons (Fsp3) is 0.333. The van der Waals surface area contributed by atoms with Crippen molar-refractivity contribution in [3.63, 3.8) is 0 Å². The molecule has 0 aliphatic carbocycles. The van der Waals surface area contributed by atoms with Crippen LogP contribution in [-0.2, 0) is 11.3 Å². The smallest absolute Gasteiger partial charge is 0.322 e. The molecule has 2 aromatic rings. The summed E-state index contributed by atoms with van der Waals surface area (Å²) >= 11 is 1.59. The van der Waals surface area contributed by atoms with Gasteiger partial charge in [0.2, 0.25) is 0 Å². The maximum atomic E-state index is 11.5. The minimum atomic E-state index is -0.742. The third kappa shape index (κ3) is 9.13. The number of benzene rings is 2. The number of amides is 4. The fourth-order valence-electron chi connectivity index (χ4n) is 4.06. The van der Waals surface area contributed by atoms with Gasteiger partial charge in [-0.2, -0.15) is 0 Å². The summed E-state index contributed by atoms with van der Waals surface area (Å²) in [5, 5.41) is 10.7. The highest BCUT2D eigenvalue weighted by molar-refractivity contribution is 8.16. The number of nitrogens with zero attached hydrogens (tertiary/aromatic N) is 3. The number of rotatable bonds is 2. The number of carbonyl (C=O) groups excluding carboxylic acids is 3. The van der Waals surface area contributed by atoms with Gasteiger partial charge in [-0.05, 0) is 42.2 Å². The second-order valence-corrected chi connectivity index (χ2v) is 10.2. The molecule has 0 radical (unpaired) electrons. The zero-order chi connectivity index (χ0) is 29.8. The molecule has 2 saturated heterocycles. The van der Waals surface area contributed by atoms with Crippen molar-refractivity contribution in [1.82, 2.24) is 25.8 Å². The van der Waals surface area contributed by atoms with E-state index in [1.165, 1.54) is 0 Å². The van der Waals surface area contributed by atoms with Gasteiger partial charge >= 0.3 is 6.03 Å².